The van der Waals surface area contributed by atoms with Crippen LogP contribution in [0.4, 0.5) is 11.5 Å². The first-order valence-electron chi connectivity index (χ1n) is 4.49. The van der Waals surface area contributed by atoms with Gasteiger partial charge >= 0.3 is 11.6 Å². The predicted octanol–water partition coefficient (Wildman–Crippen LogP) is 0.493. The Hall–Kier alpha value is -2.71. The smallest absolute Gasteiger partial charge is 0.372 e. The van der Waals surface area contributed by atoms with E-state index in [1.165, 1.54) is 10.9 Å². The molecule has 0 aromatic carbocycles. The molecule has 0 saturated heterocycles. The van der Waals surface area contributed by atoms with Gasteiger partial charge in [-0.1, -0.05) is 0 Å². The third kappa shape index (κ3) is 2.12. The molecule has 0 unspecified atom stereocenters. The molecule has 0 radical (unpaired) electrons. The van der Waals surface area contributed by atoms with Crippen molar-refractivity contribution in [3.05, 3.63) is 28.8 Å². The average Bonchev–Trinajstić information content (AvgIpc) is 2.63. The second-order valence-electron chi connectivity index (χ2n) is 3.12. The molecule has 0 aliphatic carbocycles. The molecule has 2 heterocycles. The molecule has 0 amide bonds. The normalized spacial score (nSPS) is 10.2. The van der Waals surface area contributed by atoms with Crippen molar-refractivity contribution in [1.29, 1.82) is 0 Å². The van der Waals surface area contributed by atoms with Gasteiger partial charge in [-0.3, -0.25) is 14.8 Å². The third-order valence-electron chi connectivity index (χ3n) is 1.90. The van der Waals surface area contributed by atoms with Gasteiger partial charge in [0.25, 0.3) is 0 Å². The lowest BCUT2D eigenvalue weighted by atomic mass is 10.4. The Kier molecular flexibility index (Phi) is 2.57. The van der Waals surface area contributed by atoms with Crippen LogP contribution in [0.1, 0.15) is 0 Å². The summed E-state index contributed by atoms with van der Waals surface area (Å²) in [5.41, 5.74) is 4.93. The zero-order chi connectivity index (χ0) is 12.4. The Morgan fingerprint density at radius 3 is 2.88 bits per heavy atom. The number of hydrogen-bond acceptors (Lipinski definition) is 7. The first-order chi connectivity index (χ1) is 8.08. The van der Waals surface area contributed by atoms with Gasteiger partial charge in [0.15, 0.2) is 5.75 Å². The molecule has 0 atom stereocenters. The zero-order valence-corrected chi connectivity index (χ0v) is 8.77. The summed E-state index contributed by atoms with van der Waals surface area (Å²) in [7, 11) is 1.69. The summed E-state index contributed by atoms with van der Waals surface area (Å²) in [6, 6.07) is 0. The highest BCUT2D eigenvalue weighted by molar-refractivity contribution is 5.58. The number of nitrogens with two attached hydrogens (primary N) is 1. The van der Waals surface area contributed by atoms with E-state index in [9.17, 15) is 10.1 Å². The molecule has 88 valence electrons. The fraction of sp³-hybridized carbons (Fsp3) is 0.125. The lowest BCUT2D eigenvalue weighted by molar-refractivity contribution is -0.385. The molecular formula is C8H8N6O3. The largest absolute Gasteiger partial charge is 0.430 e. The summed E-state index contributed by atoms with van der Waals surface area (Å²) in [4.78, 5) is 17.3. The Balaban J connectivity index is 2.39. The van der Waals surface area contributed by atoms with E-state index in [2.05, 4.69) is 15.1 Å². The van der Waals surface area contributed by atoms with Crippen molar-refractivity contribution in [2.45, 2.75) is 0 Å². The summed E-state index contributed by atoms with van der Waals surface area (Å²) in [6.45, 7) is 0. The molecule has 2 aromatic heterocycles. The van der Waals surface area contributed by atoms with E-state index in [4.69, 9.17) is 10.5 Å². The number of ether oxygens (including phenoxy) is 1. The van der Waals surface area contributed by atoms with Crippen LogP contribution in [0.2, 0.25) is 0 Å². The quantitative estimate of drug-likeness (QED) is 0.607. The van der Waals surface area contributed by atoms with Crippen LogP contribution in [0.5, 0.6) is 11.6 Å². The van der Waals surface area contributed by atoms with Crippen LogP contribution in [0.15, 0.2) is 18.7 Å². The summed E-state index contributed by atoms with van der Waals surface area (Å²) < 4.78 is 6.71. The fourth-order valence-electron chi connectivity index (χ4n) is 1.18. The minimum Gasteiger partial charge on any atom is -0.430 e. The highest BCUT2D eigenvalue weighted by atomic mass is 16.6. The minimum atomic E-state index is -0.693. The van der Waals surface area contributed by atoms with Crippen molar-refractivity contribution < 1.29 is 9.66 Å². The SMILES string of the molecule is Cn1cc(Oc2ncnc(N)c2[N+](=O)[O-])cn1. The first-order valence-corrected chi connectivity index (χ1v) is 4.49. The predicted molar refractivity (Wildman–Crippen MR) is 56.4 cm³/mol. The van der Waals surface area contributed by atoms with Gasteiger partial charge in [-0.2, -0.15) is 10.1 Å². The Bertz CT molecular complexity index is 566. The molecule has 17 heavy (non-hydrogen) atoms. The lowest BCUT2D eigenvalue weighted by Crippen LogP contribution is -2.02. The molecule has 0 aliphatic rings. The maximum atomic E-state index is 10.8. The van der Waals surface area contributed by atoms with Crippen LogP contribution < -0.4 is 10.5 Å². The van der Waals surface area contributed by atoms with Crippen LogP contribution in [-0.4, -0.2) is 24.7 Å². The number of nitrogen functional groups attached to an aromatic ring is 1. The van der Waals surface area contributed by atoms with Crippen molar-refractivity contribution >= 4 is 11.5 Å². The molecule has 9 nitrogen and oxygen atoms in total. The molecule has 2 rings (SSSR count). The van der Waals surface area contributed by atoms with Crippen molar-refractivity contribution in [3.8, 4) is 11.6 Å². The lowest BCUT2D eigenvalue weighted by Gasteiger charge is -2.02. The Labute approximate surface area is 95.0 Å². The topological polar surface area (TPSA) is 122 Å². The van der Waals surface area contributed by atoms with Gasteiger partial charge in [-0.25, -0.2) is 4.98 Å². The molecule has 0 aliphatic heterocycles. The maximum Gasteiger partial charge on any atom is 0.372 e. The van der Waals surface area contributed by atoms with Gasteiger partial charge in [0.05, 0.1) is 17.3 Å². The summed E-state index contributed by atoms with van der Waals surface area (Å²) >= 11 is 0. The van der Waals surface area contributed by atoms with Crippen LogP contribution in [0.25, 0.3) is 0 Å². The van der Waals surface area contributed by atoms with Crippen molar-refractivity contribution in [3.63, 3.8) is 0 Å². The Morgan fingerprint density at radius 1 is 1.53 bits per heavy atom. The second kappa shape index (κ2) is 4.04. The van der Waals surface area contributed by atoms with Crippen LogP contribution in [0, 0.1) is 10.1 Å². The van der Waals surface area contributed by atoms with Crippen LogP contribution in [0.3, 0.4) is 0 Å². The maximum absolute atomic E-state index is 10.8. The Morgan fingerprint density at radius 2 is 2.29 bits per heavy atom. The molecule has 2 N–H and O–H groups in total. The van der Waals surface area contributed by atoms with Gasteiger partial charge in [-0.15, -0.1) is 0 Å². The first kappa shape index (κ1) is 10.8. The van der Waals surface area contributed by atoms with Crippen LogP contribution in [-0.2, 0) is 7.05 Å². The third-order valence-corrected chi connectivity index (χ3v) is 1.90. The van der Waals surface area contributed by atoms with Crippen LogP contribution >= 0.6 is 0 Å². The van der Waals surface area contributed by atoms with Crippen molar-refractivity contribution in [2.75, 3.05) is 5.73 Å². The van der Waals surface area contributed by atoms with E-state index >= 15 is 0 Å². The van der Waals surface area contributed by atoms with E-state index in [1.807, 2.05) is 0 Å². The number of hydrogen-bond donors (Lipinski definition) is 1. The second-order valence-corrected chi connectivity index (χ2v) is 3.12. The molecule has 0 bridgehead atoms. The van der Waals surface area contributed by atoms with Crippen molar-refractivity contribution in [1.82, 2.24) is 19.7 Å². The summed E-state index contributed by atoms with van der Waals surface area (Å²) in [6.07, 6.45) is 4.04. The number of rotatable bonds is 3. The van der Waals surface area contributed by atoms with E-state index in [-0.39, 0.29) is 11.7 Å². The summed E-state index contributed by atoms with van der Waals surface area (Å²) in [5, 5.41) is 14.6. The number of nitro groups is 1. The minimum absolute atomic E-state index is 0.212. The average molecular weight is 236 g/mol. The molecule has 0 spiro atoms. The van der Waals surface area contributed by atoms with Crippen molar-refractivity contribution in [2.24, 2.45) is 7.05 Å². The molecule has 2 aromatic rings. The standard InChI is InChI=1S/C8H8N6O3/c1-13-3-5(2-12-13)17-8-6(14(15)16)7(9)10-4-11-8/h2-4H,1H3,(H2,9,10,11). The fourth-order valence-corrected chi connectivity index (χ4v) is 1.18. The molecule has 9 heteroatoms. The summed E-state index contributed by atoms with van der Waals surface area (Å²) in [5.74, 6) is -0.131. The van der Waals surface area contributed by atoms with Gasteiger partial charge in [-0.05, 0) is 0 Å². The van der Waals surface area contributed by atoms with E-state index in [1.54, 1.807) is 13.2 Å². The highest BCUT2D eigenvalue weighted by Gasteiger charge is 2.23. The van der Waals surface area contributed by atoms with E-state index in [0.29, 0.717) is 5.75 Å². The number of anilines is 1. The number of aromatic nitrogens is 4. The zero-order valence-electron chi connectivity index (χ0n) is 8.77. The molecule has 0 saturated carbocycles. The highest BCUT2D eigenvalue weighted by Crippen LogP contribution is 2.31. The number of nitrogens with zero attached hydrogens (tertiary/aromatic N) is 5. The molecule has 0 fully saturated rings. The number of aryl methyl sites for hydroxylation is 1. The van der Waals surface area contributed by atoms with Gasteiger partial charge < -0.3 is 10.5 Å². The van der Waals surface area contributed by atoms with E-state index < -0.39 is 10.6 Å². The van der Waals surface area contributed by atoms with Gasteiger partial charge in [0, 0.05) is 7.05 Å². The molecular weight excluding hydrogens is 228 g/mol. The van der Waals surface area contributed by atoms with Gasteiger partial charge in [0.1, 0.15) is 6.33 Å². The van der Waals surface area contributed by atoms with Gasteiger partial charge in [0.2, 0.25) is 5.82 Å². The monoisotopic (exact) mass is 236 g/mol. The van der Waals surface area contributed by atoms with E-state index in [0.717, 1.165) is 6.33 Å².